The fourth-order valence-corrected chi connectivity index (χ4v) is 4.62. The summed E-state index contributed by atoms with van der Waals surface area (Å²) < 4.78 is 0.835. The number of aryl methyl sites for hydroxylation is 1. The van der Waals surface area contributed by atoms with Gasteiger partial charge in [0.2, 0.25) is 5.95 Å². The number of amides is 1. The first-order chi connectivity index (χ1) is 17.0. The zero-order valence-corrected chi connectivity index (χ0v) is 21.6. The molecule has 1 saturated carbocycles. The molecule has 3 N–H and O–H groups in total. The zero-order chi connectivity index (χ0) is 24.4. The van der Waals surface area contributed by atoms with Crippen LogP contribution in [0.2, 0.25) is 0 Å². The van der Waals surface area contributed by atoms with E-state index in [1.54, 1.807) is 6.20 Å². The van der Waals surface area contributed by atoms with Gasteiger partial charge in [0.1, 0.15) is 11.4 Å². The number of benzene rings is 2. The van der Waals surface area contributed by atoms with Crippen molar-refractivity contribution in [3.8, 4) is 0 Å². The number of piperazine rings is 1. The second-order valence-electron chi connectivity index (χ2n) is 9.22. The molecule has 0 unspecified atom stereocenters. The topological polar surface area (TPSA) is 85.4 Å². The molecule has 8 nitrogen and oxygen atoms in total. The van der Waals surface area contributed by atoms with Gasteiger partial charge in [0.05, 0.1) is 5.69 Å². The normalized spacial score (nSPS) is 16.1. The summed E-state index contributed by atoms with van der Waals surface area (Å²) in [5.41, 5.74) is 4.26. The van der Waals surface area contributed by atoms with E-state index in [2.05, 4.69) is 70.8 Å². The van der Waals surface area contributed by atoms with Gasteiger partial charge in [0, 0.05) is 54.3 Å². The van der Waals surface area contributed by atoms with Gasteiger partial charge in [-0.2, -0.15) is 4.98 Å². The number of carbonyl (C=O) groups is 1. The first kappa shape index (κ1) is 23.6. The van der Waals surface area contributed by atoms with Crippen molar-refractivity contribution in [2.24, 2.45) is 0 Å². The van der Waals surface area contributed by atoms with Gasteiger partial charge >= 0.3 is 0 Å². The number of hydrogen-bond acceptors (Lipinski definition) is 7. The lowest BCUT2D eigenvalue weighted by Gasteiger charge is -2.34. The van der Waals surface area contributed by atoms with Crippen molar-refractivity contribution in [1.29, 1.82) is 0 Å². The number of nitrogens with zero attached hydrogens (tertiary/aromatic N) is 4. The molecule has 2 aromatic carbocycles. The maximum absolute atomic E-state index is 13.1. The van der Waals surface area contributed by atoms with Crippen LogP contribution in [0.3, 0.4) is 0 Å². The van der Waals surface area contributed by atoms with E-state index in [0.717, 1.165) is 60.4 Å². The number of para-hydroxylation sites is 1. The van der Waals surface area contributed by atoms with Crippen LogP contribution in [0.1, 0.15) is 28.8 Å². The van der Waals surface area contributed by atoms with Gasteiger partial charge in [-0.3, -0.25) is 4.79 Å². The molecule has 0 spiro atoms. The van der Waals surface area contributed by atoms with E-state index in [1.165, 1.54) is 5.69 Å². The second-order valence-corrected chi connectivity index (χ2v) is 10.1. The zero-order valence-electron chi connectivity index (χ0n) is 20.0. The lowest BCUT2D eigenvalue weighted by Crippen LogP contribution is -2.44. The maximum Gasteiger partial charge on any atom is 0.261 e. The van der Waals surface area contributed by atoms with Crippen molar-refractivity contribution in [3.05, 3.63) is 64.3 Å². The van der Waals surface area contributed by atoms with E-state index in [0.29, 0.717) is 23.4 Å². The molecule has 1 aliphatic carbocycles. The minimum absolute atomic E-state index is 0.244. The smallest absolute Gasteiger partial charge is 0.261 e. The highest BCUT2D eigenvalue weighted by molar-refractivity contribution is 9.10. The van der Waals surface area contributed by atoms with Crippen LogP contribution < -0.4 is 20.9 Å². The number of likely N-dealkylation sites (N-methyl/N-ethyl adjacent to an activating group) is 1. The van der Waals surface area contributed by atoms with Crippen molar-refractivity contribution in [1.82, 2.24) is 14.9 Å². The first-order valence-electron chi connectivity index (χ1n) is 12.0. The quantitative estimate of drug-likeness (QED) is 0.397. The van der Waals surface area contributed by atoms with Gasteiger partial charge in [-0.15, -0.1) is 0 Å². The molecular weight excluding hydrogens is 506 g/mol. The number of halogens is 1. The summed E-state index contributed by atoms with van der Waals surface area (Å²) in [7, 11) is 2.16. The lowest BCUT2D eigenvalue weighted by atomic mass is 10.2. The van der Waals surface area contributed by atoms with Gasteiger partial charge < -0.3 is 25.8 Å². The number of aromatic nitrogens is 2. The Hall–Kier alpha value is -3.17. The van der Waals surface area contributed by atoms with Crippen molar-refractivity contribution >= 4 is 50.7 Å². The minimum Gasteiger partial charge on any atom is -0.369 e. The van der Waals surface area contributed by atoms with Crippen LogP contribution in [0.25, 0.3) is 0 Å². The molecule has 2 aliphatic rings. The number of nitrogens with one attached hydrogen (secondary N) is 3. The van der Waals surface area contributed by atoms with Gasteiger partial charge in [0.25, 0.3) is 5.91 Å². The monoisotopic (exact) mass is 535 g/mol. The summed E-state index contributed by atoms with van der Waals surface area (Å²) in [6.45, 7) is 6.18. The Labute approximate surface area is 214 Å². The van der Waals surface area contributed by atoms with Crippen molar-refractivity contribution in [2.75, 3.05) is 54.1 Å². The minimum atomic E-state index is -0.244. The molecule has 1 aliphatic heterocycles. The summed E-state index contributed by atoms with van der Waals surface area (Å²) in [5.74, 6) is 0.751. The molecular formula is C26H30BrN7O. The molecule has 0 bridgehead atoms. The Morgan fingerprint density at radius 1 is 1.06 bits per heavy atom. The van der Waals surface area contributed by atoms with Crippen LogP contribution in [-0.2, 0) is 0 Å². The summed E-state index contributed by atoms with van der Waals surface area (Å²) in [4.78, 5) is 27.0. The van der Waals surface area contributed by atoms with E-state index >= 15 is 0 Å². The third kappa shape index (κ3) is 5.74. The third-order valence-electron chi connectivity index (χ3n) is 6.40. The number of hydrogen-bond donors (Lipinski definition) is 3. The Morgan fingerprint density at radius 3 is 2.49 bits per heavy atom. The fourth-order valence-electron chi connectivity index (χ4n) is 4.06. The van der Waals surface area contributed by atoms with Crippen molar-refractivity contribution in [2.45, 2.75) is 25.8 Å². The van der Waals surface area contributed by atoms with Crippen LogP contribution in [-0.4, -0.2) is 60.0 Å². The molecule has 0 radical (unpaired) electrons. The molecule has 5 rings (SSSR count). The summed E-state index contributed by atoms with van der Waals surface area (Å²) in [6, 6.07) is 14.5. The highest BCUT2D eigenvalue weighted by atomic mass is 79.9. The van der Waals surface area contributed by atoms with Gasteiger partial charge in [-0.25, -0.2) is 4.98 Å². The van der Waals surface area contributed by atoms with Crippen LogP contribution in [0.5, 0.6) is 0 Å². The number of anilines is 5. The number of rotatable bonds is 7. The van der Waals surface area contributed by atoms with Gasteiger partial charge in [0.15, 0.2) is 0 Å². The lowest BCUT2D eigenvalue weighted by molar-refractivity contribution is 0.102. The van der Waals surface area contributed by atoms with Crippen molar-refractivity contribution in [3.63, 3.8) is 0 Å². The Morgan fingerprint density at radius 2 is 1.80 bits per heavy atom. The molecule has 35 heavy (non-hydrogen) atoms. The maximum atomic E-state index is 13.1. The molecule has 1 saturated heterocycles. The largest absolute Gasteiger partial charge is 0.369 e. The SMILES string of the molecule is Cc1cccc(Br)c1NC(=O)c1cnc(Nc2ccc(N3CCN(C)CC3)cc2)nc1NC1CC1. The molecule has 1 aromatic heterocycles. The average Bonchev–Trinajstić information content (AvgIpc) is 3.67. The van der Waals surface area contributed by atoms with E-state index in [-0.39, 0.29) is 5.91 Å². The molecule has 2 fully saturated rings. The highest BCUT2D eigenvalue weighted by Gasteiger charge is 2.25. The van der Waals surface area contributed by atoms with E-state index in [1.807, 2.05) is 37.3 Å². The molecule has 3 aromatic rings. The Balaban J connectivity index is 1.32. The summed E-state index contributed by atoms with van der Waals surface area (Å²) in [6.07, 6.45) is 3.73. The average molecular weight is 536 g/mol. The molecule has 2 heterocycles. The van der Waals surface area contributed by atoms with E-state index < -0.39 is 0 Å². The number of carbonyl (C=O) groups excluding carboxylic acids is 1. The van der Waals surface area contributed by atoms with Gasteiger partial charge in [-0.1, -0.05) is 12.1 Å². The summed E-state index contributed by atoms with van der Waals surface area (Å²) >= 11 is 3.52. The predicted octanol–water partition coefficient (Wildman–Crippen LogP) is 4.87. The summed E-state index contributed by atoms with van der Waals surface area (Å²) in [5, 5.41) is 9.67. The Bertz CT molecular complexity index is 1180. The molecule has 9 heteroatoms. The predicted molar refractivity (Wildman–Crippen MR) is 145 cm³/mol. The standard InChI is InChI=1S/C26H30BrN7O/c1-17-4-3-5-22(27)23(17)31-25(35)21-16-28-26(32-24(21)29-18-6-7-18)30-19-8-10-20(11-9-19)34-14-12-33(2)13-15-34/h3-5,8-11,16,18H,6-7,12-15H2,1-2H3,(H,31,35)(H2,28,29,30,32). The Kier molecular flexibility index (Phi) is 6.88. The molecule has 182 valence electrons. The van der Waals surface area contributed by atoms with Crippen LogP contribution in [0.4, 0.5) is 28.8 Å². The van der Waals surface area contributed by atoms with Crippen LogP contribution >= 0.6 is 15.9 Å². The fraction of sp³-hybridized carbons (Fsp3) is 0.346. The van der Waals surface area contributed by atoms with Gasteiger partial charge in [-0.05, 0) is 78.6 Å². The molecule has 1 amide bonds. The first-order valence-corrected chi connectivity index (χ1v) is 12.8. The van der Waals surface area contributed by atoms with Crippen molar-refractivity contribution < 1.29 is 4.79 Å². The third-order valence-corrected chi connectivity index (χ3v) is 7.06. The van der Waals surface area contributed by atoms with E-state index in [4.69, 9.17) is 0 Å². The highest BCUT2D eigenvalue weighted by Crippen LogP contribution is 2.30. The van der Waals surface area contributed by atoms with Crippen LogP contribution in [0, 0.1) is 6.92 Å². The van der Waals surface area contributed by atoms with Crippen LogP contribution in [0.15, 0.2) is 53.1 Å². The molecule has 0 atom stereocenters. The van der Waals surface area contributed by atoms with E-state index in [9.17, 15) is 4.79 Å². The second kappa shape index (κ2) is 10.2.